The molecular weight excluding hydrogens is 474 g/mol. The number of halogens is 5. The molecule has 0 saturated carbocycles. The van der Waals surface area contributed by atoms with Crippen molar-refractivity contribution in [1.82, 2.24) is 9.88 Å². The molecule has 2 N–H and O–H groups in total. The zero-order valence-corrected chi connectivity index (χ0v) is 18.3. The highest BCUT2D eigenvalue weighted by Crippen LogP contribution is 2.40. The first-order chi connectivity index (χ1) is 16.1. The number of nitrogens with zero attached hydrogens (tertiary/aromatic N) is 2. The van der Waals surface area contributed by atoms with E-state index in [1.807, 2.05) is 0 Å². The maximum atomic E-state index is 14.5. The molecule has 10 heteroatoms. The van der Waals surface area contributed by atoms with Crippen molar-refractivity contribution >= 4 is 23.4 Å². The fraction of sp³-hybridized carbons (Fsp3) is 0.208. The van der Waals surface area contributed by atoms with E-state index in [0.717, 1.165) is 18.3 Å². The molecule has 2 amide bonds. The van der Waals surface area contributed by atoms with E-state index in [-0.39, 0.29) is 22.7 Å². The zero-order valence-electron chi connectivity index (χ0n) is 17.6. The first-order valence-electron chi connectivity index (χ1n) is 10.3. The summed E-state index contributed by atoms with van der Waals surface area (Å²) in [5.41, 5.74) is 5.83. The smallest absolute Gasteiger partial charge is 0.366 e. The van der Waals surface area contributed by atoms with Gasteiger partial charge in [0.25, 0.3) is 5.91 Å². The Morgan fingerprint density at radius 2 is 1.88 bits per heavy atom. The highest BCUT2D eigenvalue weighted by molar-refractivity contribution is 6.30. The van der Waals surface area contributed by atoms with Crippen LogP contribution in [0.2, 0.25) is 5.02 Å². The van der Waals surface area contributed by atoms with Crippen molar-refractivity contribution in [3.05, 3.63) is 99.1 Å². The molecule has 0 radical (unpaired) electrons. The van der Waals surface area contributed by atoms with E-state index in [4.69, 9.17) is 17.3 Å². The fourth-order valence-corrected chi connectivity index (χ4v) is 4.42. The summed E-state index contributed by atoms with van der Waals surface area (Å²) in [5.74, 6) is -1.81. The molecule has 1 aromatic heterocycles. The molecule has 2 aromatic carbocycles. The van der Waals surface area contributed by atoms with Gasteiger partial charge in [-0.05, 0) is 59.9 Å². The molecule has 0 spiro atoms. The van der Waals surface area contributed by atoms with Crippen LogP contribution in [0.5, 0.6) is 0 Å². The summed E-state index contributed by atoms with van der Waals surface area (Å²) in [5, 5.41) is 0.157. The Morgan fingerprint density at radius 1 is 1.15 bits per heavy atom. The molecule has 0 saturated heterocycles. The lowest BCUT2D eigenvalue weighted by atomic mass is 10.0. The van der Waals surface area contributed by atoms with E-state index in [9.17, 15) is 27.2 Å². The minimum Gasteiger partial charge on any atom is -0.366 e. The quantitative estimate of drug-likeness (QED) is 0.491. The number of hydrogen-bond donors (Lipinski definition) is 1. The topological polar surface area (TPSA) is 76.3 Å². The van der Waals surface area contributed by atoms with E-state index in [1.165, 1.54) is 17.0 Å². The zero-order chi connectivity index (χ0) is 24.6. The number of carbonyl (C=O) groups excluding carboxylic acids is 2. The minimum atomic E-state index is -4.65. The number of benzene rings is 2. The molecular formula is C24H18ClF4N3O2. The van der Waals surface area contributed by atoms with Gasteiger partial charge in [-0.25, -0.2) is 4.39 Å². The van der Waals surface area contributed by atoms with Crippen molar-refractivity contribution in [3.8, 4) is 0 Å². The molecule has 0 fully saturated rings. The van der Waals surface area contributed by atoms with Crippen molar-refractivity contribution in [3.63, 3.8) is 0 Å². The van der Waals surface area contributed by atoms with Gasteiger partial charge < -0.3 is 10.6 Å². The van der Waals surface area contributed by atoms with Gasteiger partial charge in [-0.1, -0.05) is 29.8 Å². The van der Waals surface area contributed by atoms with Crippen molar-refractivity contribution in [2.24, 2.45) is 5.73 Å². The molecule has 1 atom stereocenters. The average Bonchev–Trinajstić information content (AvgIpc) is 3.20. The number of amides is 2. The largest absolute Gasteiger partial charge is 0.433 e. The molecule has 34 heavy (non-hydrogen) atoms. The number of fused-ring (bicyclic) bond motifs is 1. The summed E-state index contributed by atoms with van der Waals surface area (Å²) in [4.78, 5) is 30.2. The Labute approximate surface area is 197 Å². The molecule has 1 heterocycles. The van der Waals surface area contributed by atoms with Crippen molar-refractivity contribution in [1.29, 1.82) is 0 Å². The second kappa shape index (κ2) is 9.06. The first kappa shape index (κ1) is 23.7. The van der Waals surface area contributed by atoms with Gasteiger partial charge in [-0.3, -0.25) is 14.6 Å². The summed E-state index contributed by atoms with van der Waals surface area (Å²) >= 11 is 6.06. The lowest BCUT2D eigenvalue weighted by Gasteiger charge is -2.31. The minimum absolute atomic E-state index is 0.0829. The SMILES string of the molecule is NC(=O)c1ccccc1CN(C(=O)c1ccc(C(F)(F)F)nc1)[C@@H]1CCc2c(F)cc(Cl)cc21. The third kappa shape index (κ3) is 4.61. The highest BCUT2D eigenvalue weighted by Gasteiger charge is 2.36. The van der Waals surface area contributed by atoms with Gasteiger partial charge in [-0.15, -0.1) is 0 Å². The van der Waals surface area contributed by atoms with E-state index in [1.54, 1.807) is 24.3 Å². The summed E-state index contributed by atoms with van der Waals surface area (Å²) in [6.45, 7) is -0.0861. The lowest BCUT2D eigenvalue weighted by Crippen LogP contribution is -2.34. The monoisotopic (exact) mass is 491 g/mol. The van der Waals surface area contributed by atoms with Crippen LogP contribution in [-0.4, -0.2) is 21.7 Å². The first-order valence-corrected chi connectivity index (χ1v) is 10.6. The van der Waals surface area contributed by atoms with Crippen LogP contribution in [0, 0.1) is 5.82 Å². The van der Waals surface area contributed by atoms with Crippen molar-refractivity contribution in [2.75, 3.05) is 0 Å². The van der Waals surface area contributed by atoms with E-state index < -0.39 is 35.5 Å². The normalized spacial score (nSPS) is 15.1. The number of primary amides is 1. The van der Waals surface area contributed by atoms with Crippen LogP contribution in [-0.2, 0) is 19.1 Å². The molecule has 0 bridgehead atoms. The molecule has 0 unspecified atom stereocenters. The van der Waals surface area contributed by atoms with Crippen LogP contribution >= 0.6 is 11.6 Å². The van der Waals surface area contributed by atoms with Gasteiger partial charge >= 0.3 is 6.18 Å². The predicted octanol–water partition coefficient (Wildman–Crippen LogP) is 5.32. The summed E-state index contributed by atoms with van der Waals surface area (Å²) < 4.78 is 53.3. The maximum Gasteiger partial charge on any atom is 0.433 e. The number of hydrogen-bond acceptors (Lipinski definition) is 3. The highest BCUT2D eigenvalue weighted by atomic mass is 35.5. The Morgan fingerprint density at radius 3 is 2.53 bits per heavy atom. The number of nitrogens with two attached hydrogens (primary N) is 1. The predicted molar refractivity (Wildman–Crippen MR) is 117 cm³/mol. The second-order valence-electron chi connectivity index (χ2n) is 7.89. The fourth-order valence-electron chi connectivity index (χ4n) is 4.20. The van der Waals surface area contributed by atoms with Gasteiger partial charge in [0, 0.05) is 23.3 Å². The van der Waals surface area contributed by atoms with Crippen LogP contribution in [0.25, 0.3) is 0 Å². The van der Waals surface area contributed by atoms with Gasteiger partial charge in [0.2, 0.25) is 5.91 Å². The average molecular weight is 492 g/mol. The van der Waals surface area contributed by atoms with E-state index in [0.29, 0.717) is 29.5 Å². The Hall–Kier alpha value is -3.46. The standard InChI is InChI=1S/C24H18ClF4N3O2/c25-15-9-18-17(19(26)10-15)6-7-20(18)32(12-14-3-1-2-4-16(14)22(30)33)23(34)13-5-8-21(31-11-13)24(27,28)29/h1-5,8-11,20H,6-7,12H2,(H2,30,33)/t20-/m1/s1. The number of carbonyl (C=O) groups is 2. The van der Waals surface area contributed by atoms with Gasteiger partial charge in [0.15, 0.2) is 0 Å². The van der Waals surface area contributed by atoms with E-state index >= 15 is 0 Å². The molecule has 1 aliphatic carbocycles. The van der Waals surface area contributed by atoms with Crippen LogP contribution in [0.3, 0.4) is 0 Å². The second-order valence-corrected chi connectivity index (χ2v) is 8.33. The molecule has 0 aliphatic heterocycles. The Balaban J connectivity index is 1.77. The molecule has 5 nitrogen and oxygen atoms in total. The van der Waals surface area contributed by atoms with Gasteiger partial charge in [0.05, 0.1) is 11.6 Å². The lowest BCUT2D eigenvalue weighted by molar-refractivity contribution is -0.141. The number of alkyl halides is 3. The van der Waals surface area contributed by atoms with Crippen LogP contribution in [0.1, 0.15) is 55.6 Å². The van der Waals surface area contributed by atoms with E-state index in [2.05, 4.69) is 4.98 Å². The molecule has 1 aliphatic rings. The maximum absolute atomic E-state index is 14.5. The van der Waals surface area contributed by atoms with Crippen molar-refractivity contribution < 1.29 is 27.2 Å². The summed E-state index contributed by atoms with van der Waals surface area (Å²) in [7, 11) is 0. The van der Waals surface area contributed by atoms with Gasteiger partial charge in [0.1, 0.15) is 11.5 Å². The van der Waals surface area contributed by atoms with Crippen molar-refractivity contribution in [2.45, 2.75) is 31.6 Å². The number of pyridine rings is 1. The van der Waals surface area contributed by atoms with Gasteiger partial charge in [-0.2, -0.15) is 13.2 Å². The van der Waals surface area contributed by atoms with Crippen LogP contribution in [0.15, 0.2) is 54.7 Å². The number of rotatable bonds is 5. The third-order valence-corrected chi connectivity index (χ3v) is 6.00. The Kier molecular flexibility index (Phi) is 6.31. The summed E-state index contributed by atoms with van der Waals surface area (Å²) in [6.07, 6.45) is -3.09. The molecule has 176 valence electrons. The molecule has 3 aromatic rings. The molecule has 4 rings (SSSR count). The Bertz CT molecular complexity index is 1260. The van der Waals surface area contributed by atoms with Crippen LogP contribution in [0.4, 0.5) is 17.6 Å². The summed E-state index contributed by atoms with van der Waals surface area (Å²) in [6, 6.07) is 10.3. The third-order valence-electron chi connectivity index (χ3n) is 5.78. The number of aromatic nitrogens is 1. The van der Waals surface area contributed by atoms with Crippen LogP contribution < -0.4 is 5.73 Å².